The minimum absolute atomic E-state index is 0.0578. The van der Waals surface area contributed by atoms with Crippen LogP contribution in [-0.2, 0) is 22.7 Å². The number of amides is 1. The fraction of sp³-hybridized carbons (Fsp3) is 0.350. The van der Waals surface area contributed by atoms with E-state index in [4.69, 9.17) is 4.74 Å². The second kappa shape index (κ2) is 9.21. The Hall–Kier alpha value is -2.17. The first kappa shape index (κ1) is 18.2. The van der Waals surface area contributed by atoms with Crippen molar-refractivity contribution in [3.05, 3.63) is 65.2 Å². The Labute approximate surface area is 144 Å². The molecule has 1 unspecified atom stereocenters. The Bertz CT molecular complexity index is 670. The molecule has 0 aromatic heterocycles. The first-order valence-corrected chi connectivity index (χ1v) is 8.35. The molecule has 0 spiro atoms. The predicted octanol–water partition coefficient (Wildman–Crippen LogP) is 4.03. The molecule has 0 saturated carbocycles. The van der Waals surface area contributed by atoms with Crippen LogP contribution in [0.5, 0.6) is 0 Å². The standard InChI is InChI=1S/C20H26N2O2/c1-4-24-14-19-9-6-5-8-18(19)13-21-15(2)17-10-7-11-20(12-17)22-16(3)23/h5-12,15,21H,4,13-14H2,1-3H3,(H,22,23). The van der Waals surface area contributed by atoms with E-state index < -0.39 is 0 Å². The van der Waals surface area contributed by atoms with E-state index in [0.29, 0.717) is 13.2 Å². The van der Waals surface area contributed by atoms with E-state index in [2.05, 4.69) is 41.8 Å². The number of hydrogen-bond acceptors (Lipinski definition) is 3. The van der Waals surface area contributed by atoms with Gasteiger partial charge in [0.25, 0.3) is 0 Å². The smallest absolute Gasteiger partial charge is 0.221 e. The lowest BCUT2D eigenvalue weighted by Gasteiger charge is -2.17. The van der Waals surface area contributed by atoms with E-state index >= 15 is 0 Å². The molecule has 4 heteroatoms. The second-order valence-corrected chi connectivity index (χ2v) is 5.82. The molecular weight excluding hydrogens is 300 g/mol. The summed E-state index contributed by atoms with van der Waals surface area (Å²) in [7, 11) is 0. The minimum Gasteiger partial charge on any atom is -0.377 e. The molecule has 0 aliphatic carbocycles. The van der Waals surface area contributed by atoms with E-state index in [9.17, 15) is 4.79 Å². The van der Waals surface area contributed by atoms with Gasteiger partial charge in [0.15, 0.2) is 0 Å². The molecule has 2 aromatic rings. The normalized spacial score (nSPS) is 12.0. The number of ether oxygens (including phenoxy) is 1. The summed E-state index contributed by atoms with van der Waals surface area (Å²) >= 11 is 0. The Kier molecular flexibility index (Phi) is 6.97. The monoisotopic (exact) mass is 326 g/mol. The summed E-state index contributed by atoms with van der Waals surface area (Å²) in [5.74, 6) is -0.0578. The average Bonchev–Trinajstić information content (AvgIpc) is 2.58. The number of carbonyl (C=O) groups excluding carboxylic acids is 1. The van der Waals surface area contributed by atoms with Gasteiger partial charge in [-0.15, -0.1) is 0 Å². The van der Waals surface area contributed by atoms with Crippen molar-refractivity contribution in [2.24, 2.45) is 0 Å². The van der Waals surface area contributed by atoms with Crippen molar-refractivity contribution >= 4 is 11.6 Å². The first-order valence-electron chi connectivity index (χ1n) is 8.35. The van der Waals surface area contributed by atoms with Gasteiger partial charge in [0.2, 0.25) is 5.91 Å². The maximum Gasteiger partial charge on any atom is 0.221 e. The maximum atomic E-state index is 11.2. The van der Waals surface area contributed by atoms with E-state index in [0.717, 1.165) is 17.8 Å². The van der Waals surface area contributed by atoms with E-state index in [1.165, 1.54) is 18.1 Å². The van der Waals surface area contributed by atoms with Gasteiger partial charge in [0.1, 0.15) is 0 Å². The van der Waals surface area contributed by atoms with Crippen LogP contribution in [0.15, 0.2) is 48.5 Å². The summed E-state index contributed by atoms with van der Waals surface area (Å²) in [5.41, 5.74) is 4.43. The van der Waals surface area contributed by atoms with Crippen LogP contribution >= 0.6 is 0 Å². The van der Waals surface area contributed by atoms with Gasteiger partial charge in [-0.3, -0.25) is 4.79 Å². The van der Waals surface area contributed by atoms with E-state index in [1.807, 2.05) is 31.2 Å². The van der Waals surface area contributed by atoms with Crippen LogP contribution in [0.25, 0.3) is 0 Å². The summed E-state index contributed by atoms with van der Waals surface area (Å²) in [4.78, 5) is 11.2. The molecule has 1 atom stereocenters. The number of carbonyl (C=O) groups is 1. The summed E-state index contributed by atoms with van der Waals surface area (Å²) < 4.78 is 5.54. The second-order valence-electron chi connectivity index (χ2n) is 5.82. The topological polar surface area (TPSA) is 50.4 Å². The molecule has 0 heterocycles. The lowest BCUT2D eigenvalue weighted by Crippen LogP contribution is -2.19. The van der Waals surface area contributed by atoms with Crippen molar-refractivity contribution in [2.75, 3.05) is 11.9 Å². The number of rotatable bonds is 8. The van der Waals surface area contributed by atoms with Gasteiger partial charge >= 0.3 is 0 Å². The third-order valence-corrected chi connectivity index (χ3v) is 3.89. The van der Waals surface area contributed by atoms with Crippen LogP contribution in [-0.4, -0.2) is 12.5 Å². The Balaban J connectivity index is 2.00. The van der Waals surface area contributed by atoms with Crippen molar-refractivity contribution in [1.29, 1.82) is 0 Å². The van der Waals surface area contributed by atoms with Gasteiger partial charge < -0.3 is 15.4 Å². The fourth-order valence-corrected chi connectivity index (χ4v) is 2.55. The van der Waals surface area contributed by atoms with Crippen molar-refractivity contribution in [3.63, 3.8) is 0 Å². The van der Waals surface area contributed by atoms with Gasteiger partial charge in [-0.25, -0.2) is 0 Å². The van der Waals surface area contributed by atoms with Gasteiger partial charge in [-0.2, -0.15) is 0 Å². The van der Waals surface area contributed by atoms with Crippen molar-refractivity contribution in [1.82, 2.24) is 5.32 Å². The SMILES string of the molecule is CCOCc1ccccc1CNC(C)c1cccc(NC(C)=O)c1. The van der Waals surface area contributed by atoms with Crippen molar-refractivity contribution < 1.29 is 9.53 Å². The maximum absolute atomic E-state index is 11.2. The molecule has 24 heavy (non-hydrogen) atoms. The van der Waals surface area contributed by atoms with Crippen LogP contribution in [0.1, 0.15) is 43.5 Å². The third kappa shape index (κ3) is 5.48. The predicted molar refractivity (Wildman–Crippen MR) is 97.8 cm³/mol. The quantitative estimate of drug-likeness (QED) is 0.770. The molecule has 0 aliphatic heterocycles. The summed E-state index contributed by atoms with van der Waals surface area (Å²) in [6, 6.07) is 16.4. The number of benzene rings is 2. The largest absolute Gasteiger partial charge is 0.377 e. The molecule has 128 valence electrons. The van der Waals surface area contributed by atoms with E-state index in [1.54, 1.807) is 0 Å². The zero-order valence-electron chi connectivity index (χ0n) is 14.6. The van der Waals surface area contributed by atoms with E-state index in [-0.39, 0.29) is 11.9 Å². The van der Waals surface area contributed by atoms with Crippen LogP contribution < -0.4 is 10.6 Å². The molecule has 0 radical (unpaired) electrons. The molecule has 0 aliphatic rings. The highest BCUT2D eigenvalue weighted by Crippen LogP contribution is 2.19. The van der Waals surface area contributed by atoms with Crippen molar-refractivity contribution in [2.45, 2.75) is 40.0 Å². The Morgan fingerprint density at radius 3 is 2.58 bits per heavy atom. The van der Waals surface area contributed by atoms with Gasteiger partial charge in [0, 0.05) is 31.8 Å². The highest BCUT2D eigenvalue weighted by molar-refractivity contribution is 5.88. The molecule has 0 fully saturated rings. The molecular formula is C20H26N2O2. The minimum atomic E-state index is -0.0578. The van der Waals surface area contributed by atoms with Crippen LogP contribution in [0.3, 0.4) is 0 Å². The molecule has 4 nitrogen and oxygen atoms in total. The Morgan fingerprint density at radius 2 is 1.88 bits per heavy atom. The van der Waals surface area contributed by atoms with Gasteiger partial charge in [-0.1, -0.05) is 36.4 Å². The average molecular weight is 326 g/mol. The lowest BCUT2D eigenvalue weighted by atomic mass is 10.1. The molecule has 1 amide bonds. The zero-order valence-corrected chi connectivity index (χ0v) is 14.6. The first-order chi connectivity index (χ1) is 11.6. The van der Waals surface area contributed by atoms with Gasteiger partial charge in [0.05, 0.1) is 6.61 Å². The number of anilines is 1. The molecule has 0 saturated heterocycles. The van der Waals surface area contributed by atoms with Crippen LogP contribution in [0.4, 0.5) is 5.69 Å². The zero-order chi connectivity index (χ0) is 17.4. The third-order valence-electron chi connectivity index (χ3n) is 3.89. The summed E-state index contributed by atoms with van der Waals surface area (Å²) in [5, 5.41) is 6.37. The molecule has 0 bridgehead atoms. The fourth-order valence-electron chi connectivity index (χ4n) is 2.55. The van der Waals surface area contributed by atoms with Crippen LogP contribution in [0, 0.1) is 0 Å². The number of nitrogens with one attached hydrogen (secondary N) is 2. The van der Waals surface area contributed by atoms with Crippen molar-refractivity contribution in [3.8, 4) is 0 Å². The number of hydrogen-bond donors (Lipinski definition) is 2. The summed E-state index contributed by atoms with van der Waals surface area (Å²) in [6.45, 7) is 7.77. The van der Waals surface area contributed by atoms with Crippen LogP contribution in [0.2, 0.25) is 0 Å². The summed E-state index contributed by atoms with van der Waals surface area (Å²) in [6.07, 6.45) is 0. The lowest BCUT2D eigenvalue weighted by molar-refractivity contribution is -0.114. The molecule has 2 aromatic carbocycles. The Morgan fingerprint density at radius 1 is 1.12 bits per heavy atom. The van der Waals surface area contributed by atoms with Gasteiger partial charge in [-0.05, 0) is 42.7 Å². The highest BCUT2D eigenvalue weighted by Gasteiger charge is 2.08. The molecule has 2 N–H and O–H groups in total. The molecule has 2 rings (SSSR count). The highest BCUT2D eigenvalue weighted by atomic mass is 16.5.